The SMILES string of the molecule is Cc1nn(C)c(C)c1CNC(C)c1ccnn1C. The Labute approximate surface area is 108 Å². The molecule has 0 bridgehead atoms. The molecule has 0 radical (unpaired) electrons. The molecular formula is C13H21N5. The van der Waals surface area contributed by atoms with Gasteiger partial charge in [0.05, 0.1) is 11.4 Å². The first-order valence-corrected chi connectivity index (χ1v) is 6.21. The van der Waals surface area contributed by atoms with Gasteiger partial charge < -0.3 is 5.32 Å². The van der Waals surface area contributed by atoms with Gasteiger partial charge in [-0.15, -0.1) is 0 Å². The van der Waals surface area contributed by atoms with Crippen LogP contribution >= 0.6 is 0 Å². The second-order valence-corrected chi connectivity index (χ2v) is 4.76. The third-order valence-electron chi connectivity index (χ3n) is 3.55. The summed E-state index contributed by atoms with van der Waals surface area (Å²) >= 11 is 0. The van der Waals surface area contributed by atoms with Crippen molar-refractivity contribution in [1.82, 2.24) is 24.9 Å². The Morgan fingerprint density at radius 1 is 1.28 bits per heavy atom. The highest BCUT2D eigenvalue weighted by molar-refractivity contribution is 5.24. The number of nitrogens with zero attached hydrogens (tertiary/aromatic N) is 4. The Morgan fingerprint density at radius 3 is 2.50 bits per heavy atom. The van der Waals surface area contributed by atoms with E-state index in [0.29, 0.717) is 0 Å². The molecule has 0 aromatic carbocycles. The average molecular weight is 247 g/mol. The van der Waals surface area contributed by atoms with Crippen molar-refractivity contribution in [3.05, 3.63) is 34.9 Å². The van der Waals surface area contributed by atoms with E-state index in [9.17, 15) is 0 Å². The van der Waals surface area contributed by atoms with E-state index in [1.54, 1.807) is 0 Å². The van der Waals surface area contributed by atoms with Crippen molar-refractivity contribution in [2.45, 2.75) is 33.4 Å². The number of aromatic nitrogens is 4. The van der Waals surface area contributed by atoms with Crippen LogP contribution in [0.3, 0.4) is 0 Å². The van der Waals surface area contributed by atoms with Gasteiger partial charge in [-0.2, -0.15) is 10.2 Å². The number of nitrogens with one attached hydrogen (secondary N) is 1. The van der Waals surface area contributed by atoms with Crippen LogP contribution in [0, 0.1) is 13.8 Å². The van der Waals surface area contributed by atoms with Gasteiger partial charge in [-0.05, 0) is 26.8 Å². The maximum Gasteiger partial charge on any atom is 0.0641 e. The fraction of sp³-hybridized carbons (Fsp3) is 0.538. The van der Waals surface area contributed by atoms with E-state index in [1.165, 1.54) is 17.0 Å². The minimum Gasteiger partial charge on any atom is -0.305 e. The van der Waals surface area contributed by atoms with Gasteiger partial charge in [0.15, 0.2) is 0 Å². The van der Waals surface area contributed by atoms with Crippen molar-refractivity contribution in [2.75, 3.05) is 0 Å². The van der Waals surface area contributed by atoms with Crippen molar-refractivity contribution in [3.8, 4) is 0 Å². The van der Waals surface area contributed by atoms with Crippen molar-refractivity contribution in [3.63, 3.8) is 0 Å². The van der Waals surface area contributed by atoms with Gasteiger partial charge in [-0.3, -0.25) is 9.36 Å². The maximum absolute atomic E-state index is 4.43. The van der Waals surface area contributed by atoms with Crippen LogP contribution in [0.25, 0.3) is 0 Å². The molecule has 1 unspecified atom stereocenters. The summed E-state index contributed by atoms with van der Waals surface area (Å²) in [6.07, 6.45) is 1.83. The molecule has 0 aliphatic heterocycles. The van der Waals surface area contributed by atoms with Crippen LogP contribution in [0.1, 0.15) is 35.6 Å². The van der Waals surface area contributed by atoms with Gasteiger partial charge in [0, 0.05) is 44.1 Å². The molecule has 1 N–H and O–H groups in total. The average Bonchev–Trinajstić information content (AvgIpc) is 2.83. The molecule has 2 heterocycles. The third-order valence-corrected chi connectivity index (χ3v) is 3.55. The molecule has 2 aromatic heterocycles. The highest BCUT2D eigenvalue weighted by Gasteiger charge is 2.12. The summed E-state index contributed by atoms with van der Waals surface area (Å²) in [4.78, 5) is 0. The molecule has 0 fully saturated rings. The zero-order valence-electron chi connectivity index (χ0n) is 11.7. The van der Waals surface area contributed by atoms with Crippen molar-refractivity contribution in [1.29, 1.82) is 0 Å². The lowest BCUT2D eigenvalue weighted by Crippen LogP contribution is -2.21. The fourth-order valence-corrected chi connectivity index (χ4v) is 2.24. The Kier molecular flexibility index (Phi) is 3.52. The van der Waals surface area contributed by atoms with E-state index >= 15 is 0 Å². The largest absolute Gasteiger partial charge is 0.305 e. The van der Waals surface area contributed by atoms with Gasteiger partial charge >= 0.3 is 0 Å². The third kappa shape index (κ3) is 2.31. The summed E-state index contributed by atoms with van der Waals surface area (Å²) in [6.45, 7) is 7.14. The summed E-state index contributed by atoms with van der Waals surface area (Å²) in [7, 11) is 3.95. The topological polar surface area (TPSA) is 47.7 Å². The second kappa shape index (κ2) is 4.94. The number of rotatable bonds is 4. The molecule has 5 heteroatoms. The molecule has 0 saturated carbocycles. The lowest BCUT2D eigenvalue weighted by Gasteiger charge is -2.14. The summed E-state index contributed by atoms with van der Waals surface area (Å²) in [5, 5.41) is 12.1. The van der Waals surface area contributed by atoms with Gasteiger partial charge in [0.25, 0.3) is 0 Å². The molecule has 98 valence electrons. The highest BCUT2D eigenvalue weighted by atomic mass is 15.3. The molecule has 5 nitrogen and oxygen atoms in total. The van der Waals surface area contributed by atoms with Crippen molar-refractivity contribution in [2.24, 2.45) is 14.1 Å². The summed E-state index contributed by atoms with van der Waals surface area (Å²) in [5.74, 6) is 0. The van der Waals surface area contributed by atoms with E-state index < -0.39 is 0 Å². The number of hydrogen-bond donors (Lipinski definition) is 1. The van der Waals surface area contributed by atoms with E-state index in [-0.39, 0.29) is 6.04 Å². The highest BCUT2D eigenvalue weighted by Crippen LogP contribution is 2.15. The van der Waals surface area contributed by atoms with Crippen LogP contribution in [-0.2, 0) is 20.6 Å². The molecule has 0 amide bonds. The molecule has 1 atom stereocenters. The first-order chi connectivity index (χ1) is 8.50. The normalized spacial score (nSPS) is 12.9. The van der Waals surface area contributed by atoms with Crippen LogP contribution in [0.4, 0.5) is 0 Å². The lowest BCUT2D eigenvalue weighted by molar-refractivity contribution is 0.528. The minimum atomic E-state index is 0.275. The Bertz CT molecular complexity index is 538. The lowest BCUT2D eigenvalue weighted by atomic mass is 10.1. The predicted molar refractivity (Wildman–Crippen MR) is 71.1 cm³/mol. The Hall–Kier alpha value is -1.62. The first kappa shape index (κ1) is 12.8. The molecule has 2 aromatic rings. The van der Waals surface area contributed by atoms with E-state index in [4.69, 9.17) is 0 Å². The summed E-state index contributed by atoms with van der Waals surface area (Å²) < 4.78 is 3.84. The molecule has 0 aliphatic carbocycles. The molecular weight excluding hydrogens is 226 g/mol. The van der Waals surface area contributed by atoms with E-state index in [0.717, 1.165) is 12.2 Å². The Morgan fingerprint density at radius 2 is 2.00 bits per heavy atom. The zero-order valence-corrected chi connectivity index (χ0v) is 11.7. The standard InChI is InChI=1S/C13H21N5/c1-9-12(11(3)17(4)16-9)8-14-10(2)13-6-7-15-18(13)5/h6-7,10,14H,8H2,1-5H3. The van der Waals surface area contributed by atoms with Gasteiger partial charge in [-0.1, -0.05) is 0 Å². The summed E-state index contributed by atoms with van der Waals surface area (Å²) in [5.41, 5.74) is 4.79. The first-order valence-electron chi connectivity index (χ1n) is 6.21. The molecule has 2 rings (SSSR count). The van der Waals surface area contributed by atoms with Gasteiger partial charge in [-0.25, -0.2) is 0 Å². The van der Waals surface area contributed by atoms with Gasteiger partial charge in [0.1, 0.15) is 0 Å². The smallest absolute Gasteiger partial charge is 0.0641 e. The molecule has 0 aliphatic rings. The van der Waals surface area contributed by atoms with Crippen LogP contribution in [-0.4, -0.2) is 19.6 Å². The zero-order chi connectivity index (χ0) is 13.3. The van der Waals surface area contributed by atoms with Gasteiger partial charge in [0.2, 0.25) is 0 Å². The number of aryl methyl sites for hydroxylation is 3. The Balaban J connectivity index is 2.06. The predicted octanol–water partition coefficient (Wildman–Crippen LogP) is 1.62. The summed E-state index contributed by atoms with van der Waals surface area (Å²) in [6, 6.07) is 2.32. The fourth-order valence-electron chi connectivity index (χ4n) is 2.24. The van der Waals surface area contributed by atoms with Crippen LogP contribution in [0.2, 0.25) is 0 Å². The molecule has 0 spiro atoms. The minimum absolute atomic E-state index is 0.275. The van der Waals surface area contributed by atoms with Crippen molar-refractivity contribution < 1.29 is 0 Å². The van der Waals surface area contributed by atoms with Crippen LogP contribution in [0.5, 0.6) is 0 Å². The van der Waals surface area contributed by atoms with E-state index in [2.05, 4.69) is 36.3 Å². The van der Waals surface area contributed by atoms with E-state index in [1.807, 2.05) is 35.7 Å². The van der Waals surface area contributed by atoms with Crippen molar-refractivity contribution >= 4 is 0 Å². The maximum atomic E-state index is 4.43. The van der Waals surface area contributed by atoms with Crippen LogP contribution < -0.4 is 5.32 Å². The van der Waals surface area contributed by atoms with Crippen LogP contribution in [0.15, 0.2) is 12.3 Å². The number of hydrogen-bond acceptors (Lipinski definition) is 3. The second-order valence-electron chi connectivity index (χ2n) is 4.76. The monoisotopic (exact) mass is 247 g/mol. The molecule has 18 heavy (non-hydrogen) atoms. The quantitative estimate of drug-likeness (QED) is 0.893. The molecule has 0 saturated heterocycles.